The largest absolute Gasteiger partial charge is 0.478 e. The standard InChI is InChI=1S/C12H14N2O2/c1-2-3-4-5-7-13-11-9-10(12(15)16)6-8-14-11/h1,6,8-9H,3-5,7H2,(H,13,14)(H,15,16). The Bertz CT molecular complexity index is 396. The van der Waals surface area contributed by atoms with E-state index >= 15 is 0 Å². The molecule has 0 bridgehead atoms. The smallest absolute Gasteiger partial charge is 0.335 e. The summed E-state index contributed by atoms with van der Waals surface area (Å²) in [5.74, 6) is 2.21. The van der Waals surface area contributed by atoms with Gasteiger partial charge in [0.25, 0.3) is 0 Å². The topological polar surface area (TPSA) is 62.2 Å². The summed E-state index contributed by atoms with van der Waals surface area (Å²) >= 11 is 0. The number of aromatic nitrogens is 1. The number of nitrogens with one attached hydrogen (secondary N) is 1. The predicted octanol–water partition coefficient (Wildman–Crippen LogP) is 2.00. The Morgan fingerprint density at radius 2 is 2.38 bits per heavy atom. The fourth-order valence-electron chi connectivity index (χ4n) is 1.23. The lowest BCUT2D eigenvalue weighted by molar-refractivity contribution is 0.0697. The molecule has 0 amide bonds. The van der Waals surface area contributed by atoms with Gasteiger partial charge in [-0.1, -0.05) is 0 Å². The summed E-state index contributed by atoms with van der Waals surface area (Å²) in [6.45, 7) is 0.748. The molecule has 0 aliphatic carbocycles. The van der Waals surface area contributed by atoms with Crippen LogP contribution in [0.3, 0.4) is 0 Å². The zero-order valence-corrected chi connectivity index (χ0v) is 8.94. The molecule has 2 N–H and O–H groups in total. The van der Waals surface area contributed by atoms with E-state index in [1.807, 2.05) is 0 Å². The van der Waals surface area contributed by atoms with E-state index < -0.39 is 5.97 Å². The maximum Gasteiger partial charge on any atom is 0.335 e. The van der Waals surface area contributed by atoms with Crippen molar-refractivity contribution in [3.63, 3.8) is 0 Å². The second kappa shape index (κ2) is 6.46. The average Bonchev–Trinajstić information content (AvgIpc) is 2.29. The molecule has 0 radical (unpaired) electrons. The lowest BCUT2D eigenvalue weighted by Gasteiger charge is -2.04. The van der Waals surface area contributed by atoms with Gasteiger partial charge in [0, 0.05) is 19.2 Å². The highest BCUT2D eigenvalue weighted by molar-refractivity contribution is 5.88. The fourth-order valence-corrected chi connectivity index (χ4v) is 1.23. The number of aromatic carboxylic acids is 1. The van der Waals surface area contributed by atoms with Crippen LogP contribution in [-0.2, 0) is 0 Å². The van der Waals surface area contributed by atoms with Crippen molar-refractivity contribution >= 4 is 11.8 Å². The zero-order valence-electron chi connectivity index (χ0n) is 8.94. The van der Waals surface area contributed by atoms with E-state index in [2.05, 4.69) is 16.2 Å². The van der Waals surface area contributed by atoms with Crippen molar-refractivity contribution in [2.45, 2.75) is 19.3 Å². The summed E-state index contributed by atoms with van der Waals surface area (Å²) < 4.78 is 0. The lowest BCUT2D eigenvalue weighted by atomic mass is 10.2. The van der Waals surface area contributed by atoms with Crippen LogP contribution in [0.1, 0.15) is 29.6 Å². The Morgan fingerprint density at radius 3 is 3.06 bits per heavy atom. The van der Waals surface area contributed by atoms with Crippen LogP contribution in [0.2, 0.25) is 0 Å². The second-order valence-electron chi connectivity index (χ2n) is 3.32. The van der Waals surface area contributed by atoms with Gasteiger partial charge in [0.1, 0.15) is 5.82 Å². The summed E-state index contributed by atoms with van der Waals surface area (Å²) in [6, 6.07) is 2.98. The molecule has 4 heteroatoms. The highest BCUT2D eigenvalue weighted by atomic mass is 16.4. The molecule has 0 atom stereocenters. The number of carbonyl (C=O) groups is 1. The summed E-state index contributed by atoms with van der Waals surface area (Å²) in [6.07, 6.45) is 9.28. The molecule has 0 saturated heterocycles. The van der Waals surface area contributed by atoms with Crippen LogP contribution in [0.4, 0.5) is 5.82 Å². The van der Waals surface area contributed by atoms with Crippen LogP contribution in [0.5, 0.6) is 0 Å². The monoisotopic (exact) mass is 218 g/mol. The van der Waals surface area contributed by atoms with Crippen LogP contribution in [0.15, 0.2) is 18.3 Å². The molecule has 0 unspecified atom stereocenters. The summed E-state index contributed by atoms with van der Waals surface area (Å²) in [4.78, 5) is 14.7. The SMILES string of the molecule is C#CCCCCNc1cc(C(=O)O)ccn1. The maximum absolute atomic E-state index is 10.7. The highest BCUT2D eigenvalue weighted by Crippen LogP contribution is 2.07. The zero-order chi connectivity index (χ0) is 11.8. The van der Waals surface area contributed by atoms with E-state index in [4.69, 9.17) is 11.5 Å². The van der Waals surface area contributed by atoms with E-state index in [-0.39, 0.29) is 5.56 Å². The molecule has 4 nitrogen and oxygen atoms in total. The molecule has 0 aromatic carbocycles. The Kier molecular flexibility index (Phi) is 4.87. The van der Waals surface area contributed by atoms with Gasteiger partial charge in [0.15, 0.2) is 0 Å². The maximum atomic E-state index is 10.7. The fraction of sp³-hybridized carbons (Fsp3) is 0.333. The first-order chi connectivity index (χ1) is 7.74. The minimum atomic E-state index is -0.946. The van der Waals surface area contributed by atoms with E-state index in [0.717, 1.165) is 25.8 Å². The van der Waals surface area contributed by atoms with Gasteiger partial charge in [-0.05, 0) is 25.0 Å². The first-order valence-electron chi connectivity index (χ1n) is 5.10. The van der Waals surface area contributed by atoms with E-state index in [1.54, 1.807) is 0 Å². The van der Waals surface area contributed by atoms with Crippen LogP contribution in [-0.4, -0.2) is 22.6 Å². The quantitative estimate of drug-likeness (QED) is 0.566. The average molecular weight is 218 g/mol. The van der Waals surface area contributed by atoms with Gasteiger partial charge in [0.05, 0.1) is 5.56 Å². The molecule has 0 fully saturated rings. The van der Waals surface area contributed by atoms with Crippen LogP contribution >= 0.6 is 0 Å². The number of hydrogen-bond donors (Lipinski definition) is 2. The number of hydrogen-bond acceptors (Lipinski definition) is 3. The Morgan fingerprint density at radius 1 is 1.56 bits per heavy atom. The van der Waals surface area contributed by atoms with Crippen molar-refractivity contribution in [3.05, 3.63) is 23.9 Å². The van der Waals surface area contributed by atoms with Crippen molar-refractivity contribution in [2.75, 3.05) is 11.9 Å². The van der Waals surface area contributed by atoms with Gasteiger partial charge in [-0.2, -0.15) is 0 Å². The van der Waals surface area contributed by atoms with Crippen molar-refractivity contribution < 1.29 is 9.90 Å². The molecule has 84 valence electrons. The molecule has 0 spiro atoms. The molecule has 1 rings (SSSR count). The molecule has 0 aliphatic heterocycles. The molecule has 16 heavy (non-hydrogen) atoms. The third-order valence-electron chi connectivity index (χ3n) is 2.06. The molecule has 1 aromatic heterocycles. The highest BCUT2D eigenvalue weighted by Gasteiger charge is 2.03. The number of terminal acetylenes is 1. The minimum absolute atomic E-state index is 0.237. The summed E-state index contributed by atoms with van der Waals surface area (Å²) in [5, 5.41) is 11.8. The number of rotatable bonds is 6. The van der Waals surface area contributed by atoms with Gasteiger partial charge in [0.2, 0.25) is 0 Å². The summed E-state index contributed by atoms with van der Waals surface area (Å²) in [5.41, 5.74) is 0.237. The lowest BCUT2D eigenvalue weighted by Crippen LogP contribution is -2.05. The van der Waals surface area contributed by atoms with Gasteiger partial charge in [-0.25, -0.2) is 9.78 Å². The predicted molar refractivity (Wildman–Crippen MR) is 62.4 cm³/mol. The van der Waals surface area contributed by atoms with Gasteiger partial charge in [-0.3, -0.25) is 0 Å². The molecular formula is C12H14N2O2. The minimum Gasteiger partial charge on any atom is -0.478 e. The third kappa shape index (κ3) is 4.01. The molecule has 1 heterocycles. The van der Waals surface area contributed by atoms with Crippen LogP contribution in [0.25, 0.3) is 0 Å². The Labute approximate surface area is 94.7 Å². The van der Waals surface area contributed by atoms with E-state index in [9.17, 15) is 4.79 Å². The van der Waals surface area contributed by atoms with Gasteiger partial charge < -0.3 is 10.4 Å². The van der Waals surface area contributed by atoms with Crippen molar-refractivity contribution in [1.82, 2.24) is 4.98 Å². The molecule has 0 aliphatic rings. The Hall–Kier alpha value is -2.02. The normalized spacial score (nSPS) is 9.44. The number of pyridine rings is 1. The Balaban J connectivity index is 2.39. The van der Waals surface area contributed by atoms with Crippen LogP contribution in [0, 0.1) is 12.3 Å². The van der Waals surface area contributed by atoms with Crippen LogP contribution < -0.4 is 5.32 Å². The van der Waals surface area contributed by atoms with E-state index in [0.29, 0.717) is 5.82 Å². The molecule has 1 aromatic rings. The van der Waals surface area contributed by atoms with Gasteiger partial charge >= 0.3 is 5.97 Å². The first kappa shape index (κ1) is 12.1. The van der Waals surface area contributed by atoms with E-state index in [1.165, 1.54) is 18.3 Å². The number of nitrogens with zero attached hydrogens (tertiary/aromatic N) is 1. The van der Waals surface area contributed by atoms with Crippen molar-refractivity contribution in [1.29, 1.82) is 0 Å². The second-order valence-corrected chi connectivity index (χ2v) is 3.32. The van der Waals surface area contributed by atoms with Crippen molar-refractivity contribution in [2.24, 2.45) is 0 Å². The number of unbranched alkanes of at least 4 members (excludes halogenated alkanes) is 2. The third-order valence-corrected chi connectivity index (χ3v) is 2.06. The number of anilines is 1. The first-order valence-corrected chi connectivity index (χ1v) is 5.10. The number of carboxylic acids is 1. The molecule has 0 saturated carbocycles. The van der Waals surface area contributed by atoms with Gasteiger partial charge in [-0.15, -0.1) is 12.3 Å². The number of carboxylic acid groups (broad SMARTS) is 1. The summed E-state index contributed by atoms with van der Waals surface area (Å²) in [7, 11) is 0. The van der Waals surface area contributed by atoms with Crippen molar-refractivity contribution in [3.8, 4) is 12.3 Å². The molecular weight excluding hydrogens is 204 g/mol.